The minimum Gasteiger partial charge on any atom is -0.497 e. The zero-order valence-electron chi connectivity index (χ0n) is 13.1. The Morgan fingerprint density at radius 2 is 1.86 bits per heavy atom. The van der Waals surface area contributed by atoms with Crippen molar-refractivity contribution in [1.29, 1.82) is 0 Å². The van der Waals surface area contributed by atoms with E-state index in [9.17, 15) is 9.90 Å². The first-order chi connectivity index (χ1) is 10.2. The smallest absolute Gasteiger partial charge is 0.220 e. The third-order valence-corrected chi connectivity index (χ3v) is 3.35. The van der Waals surface area contributed by atoms with Gasteiger partial charge in [0.15, 0.2) is 0 Å². The van der Waals surface area contributed by atoms with E-state index in [2.05, 4.69) is 5.32 Å². The number of hydrogen-bond donors (Lipinski definition) is 3. The number of amides is 1. The molecule has 0 saturated heterocycles. The highest BCUT2D eigenvalue weighted by atomic mass is 35.5. The molecule has 1 rings (SSSR count). The summed E-state index contributed by atoms with van der Waals surface area (Å²) in [7, 11) is 1.60. The first kappa shape index (κ1) is 20.7. The van der Waals surface area contributed by atoms with E-state index < -0.39 is 6.10 Å². The summed E-state index contributed by atoms with van der Waals surface area (Å²) < 4.78 is 5.06. The molecule has 1 unspecified atom stereocenters. The van der Waals surface area contributed by atoms with Crippen LogP contribution in [0.5, 0.6) is 5.75 Å². The zero-order chi connectivity index (χ0) is 15.5. The van der Waals surface area contributed by atoms with Crippen molar-refractivity contribution in [2.75, 3.05) is 20.2 Å². The summed E-state index contributed by atoms with van der Waals surface area (Å²) in [5.74, 6) is 0.725. The SMILES string of the molecule is COc1ccc(C(O)CNC(=O)CCCCCCN)cc1.Cl. The lowest BCUT2D eigenvalue weighted by Crippen LogP contribution is -2.28. The second-order valence-electron chi connectivity index (χ2n) is 5.05. The highest BCUT2D eigenvalue weighted by Crippen LogP contribution is 2.17. The van der Waals surface area contributed by atoms with E-state index in [1.165, 1.54) is 0 Å². The first-order valence-electron chi connectivity index (χ1n) is 7.46. The monoisotopic (exact) mass is 330 g/mol. The third-order valence-electron chi connectivity index (χ3n) is 3.35. The van der Waals surface area contributed by atoms with Gasteiger partial charge in [-0.3, -0.25) is 4.79 Å². The maximum absolute atomic E-state index is 11.6. The van der Waals surface area contributed by atoms with Gasteiger partial charge in [-0.25, -0.2) is 0 Å². The lowest BCUT2D eigenvalue weighted by atomic mass is 10.1. The Kier molecular flexibility index (Phi) is 11.5. The fraction of sp³-hybridized carbons (Fsp3) is 0.562. The standard InChI is InChI=1S/C16H26N2O3.ClH/c1-21-14-9-7-13(8-10-14)15(19)12-18-16(20)6-4-2-3-5-11-17;/h7-10,15,19H,2-6,11-12,17H2,1H3,(H,18,20);1H. The molecule has 0 saturated carbocycles. The van der Waals surface area contributed by atoms with Crippen molar-refractivity contribution in [3.8, 4) is 5.75 Å². The van der Waals surface area contributed by atoms with Crippen LogP contribution >= 0.6 is 12.4 Å². The van der Waals surface area contributed by atoms with Crippen LogP contribution in [0.25, 0.3) is 0 Å². The van der Waals surface area contributed by atoms with Gasteiger partial charge in [-0.2, -0.15) is 0 Å². The summed E-state index contributed by atoms with van der Waals surface area (Å²) in [6, 6.07) is 7.17. The minimum absolute atomic E-state index is 0. The molecule has 1 aromatic carbocycles. The number of nitrogens with two attached hydrogens (primary N) is 1. The number of aliphatic hydroxyl groups is 1. The van der Waals surface area contributed by atoms with Gasteiger partial charge in [0, 0.05) is 13.0 Å². The summed E-state index contributed by atoms with van der Waals surface area (Å²) in [4.78, 5) is 11.6. The van der Waals surface area contributed by atoms with E-state index in [0.29, 0.717) is 13.0 Å². The van der Waals surface area contributed by atoms with Crippen molar-refractivity contribution >= 4 is 18.3 Å². The normalized spacial score (nSPS) is 11.4. The highest BCUT2D eigenvalue weighted by molar-refractivity contribution is 5.85. The molecule has 0 fully saturated rings. The molecule has 4 N–H and O–H groups in total. The molecule has 1 aromatic rings. The lowest BCUT2D eigenvalue weighted by Gasteiger charge is -2.12. The van der Waals surface area contributed by atoms with E-state index in [4.69, 9.17) is 10.5 Å². The van der Waals surface area contributed by atoms with Crippen molar-refractivity contribution < 1.29 is 14.6 Å². The Labute approximate surface area is 138 Å². The van der Waals surface area contributed by atoms with Crippen LogP contribution in [0.4, 0.5) is 0 Å². The van der Waals surface area contributed by atoms with Crippen LogP contribution < -0.4 is 15.8 Å². The fourth-order valence-corrected chi connectivity index (χ4v) is 2.03. The van der Waals surface area contributed by atoms with E-state index >= 15 is 0 Å². The van der Waals surface area contributed by atoms with Crippen molar-refractivity contribution in [3.05, 3.63) is 29.8 Å². The Hall–Kier alpha value is -1.30. The van der Waals surface area contributed by atoms with E-state index in [1.807, 2.05) is 0 Å². The molecule has 6 heteroatoms. The van der Waals surface area contributed by atoms with Gasteiger partial charge in [0.25, 0.3) is 0 Å². The second-order valence-corrected chi connectivity index (χ2v) is 5.05. The average Bonchev–Trinajstić information content (AvgIpc) is 2.52. The van der Waals surface area contributed by atoms with Crippen LogP contribution in [0.15, 0.2) is 24.3 Å². The average molecular weight is 331 g/mol. The van der Waals surface area contributed by atoms with E-state index in [0.717, 1.165) is 37.0 Å². The van der Waals surface area contributed by atoms with E-state index in [1.54, 1.807) is 31.4 Å². The number of halogens is 1. The molecule has 0 bridgehead atoms. The van der Waals surface area contributed by atoms with Crippen LogP contribution in [0.1, 0.15) is 43.8 Å². The molecule has 0 aliphatic carbocycles. The van der Waals surface area contributed by atoms with Crippen molar-refractivity contribution in [3.63, 3.8) is 0 Å². The number of ether oxygens (including phenoxy) is 1. The Morgan fingerprint density at radius 1 is 1.23 bits per heavy atom. The summed E-state index contributed by atoms with van der Waals surface area (Å²) in [5.41, 5.74) is 6.17. The molecular weight excluding hydrogens is 304 g/mol. The summed E-state index contributed by atoms with van der Waals surface area (Å²) in [6.45, 7) is 0.939. The topological polar surface area (TPSA) is 84.6 Å². The number of methoxy groups -OCH3 is 1. The van der Waals surface area contributed by atoms with Crippen molar-refractivity contribution in [1.82, 2.24) is 5.32 Å². The molecule has 0 aromatic heterocycles. The first-order valence-corrected chi connectivity index (χ1v) is 7.46. The maximum Gasteiger partial charge on any atom is 0.220 e. The van der Waals surface area contributed by atoms with E-state index in [-0.39, 0.29) is 24.9 Å². The molecule has 0 radical (unpaired) electrons. The summed E-state index contributed by atoms with van der Waals surface area (Å²) in [5, 5.41) is 12.8. The minimum atomic E-state index is -0.697. The molecular formula is C16H27ClN2O3. The number of rotatable bonds is 10. The predicted molar refractivity (Wildman–Crippen MR) is 90.4 cm³/mol. The van der Waals surface area contributed by atoms with Crippen molar-refractivity contribution in [2.45, 2.75) is 38.2 Å². The molecule has 5 nitrogen and oxygen atoms in total. The Balaban J connectivity index is 0.00000441. The number of carbonyl (C=O) groups excluding carboxylic acids is 1. The van der Waals surface area contributed by atoms with Crippen LogP contribution in [-0.2, 0) is 4.79 Å². The van der Waals surface area contributed by atoms with Crippen molar-refractivity contribution in [2.24, 2.45) is 5.73 Å². The van der Waals surface area contributed by atoms with Gasteiger partial charge in [0.2, 0.25) is 5.91 Å². The van der Waals surface area contributed by atoms with Gasteiger partial charge in [0.1, 0.15) is 5.75 Å². The maximum atomic E-state index is 11.6. The van der Waals surface area contributed by atoms with Gasteiger partial charge < -0.3 is 20.9 Å². The molecule has 22 heavy (non-hydrogen) atoms. The fourth-order valence-electron chi connectivity index (χ4n) is 2.03. The number of unbranched alkanes of at least 4 members (excludes halogenated alkanes) is 3. The third kappa shape index (κ3) is 8.22. The molecule has 0 spiro atoms. The summed E-state index contributed by atoms with van der Waals surface area (Å²) >= 11 is 0. The number of hydrogen-bond acceptors (Lipinski definition) is 4. The molecule has 1 atom stereocenters. The zero-order valence-corrected chi connectivity index (χ0v) is 13.9. The quantitative estimate of drug-likeness (QED) is 0.574. The van der Waals surface area contributed by atoms with Gasteiger partial charge in [-0.1, -0.05) is 25.0 Å². The van der Waals surface area contributed by atoms with Gasteiger partial charge >= 0.3 is 0 Å². The predicted octanol–water partition coefficient (Wildman–Crippen LogP) is 2.18. The van der Waals surface area contributed by atoms with Gasteiger partial charge in [-0.05, 0) is 37.1 Å². The van der Waals surface area contributed by atoms with Crippen LogP contribution in [-0.4, -0.2) is 31.2 Å². The Morgan fingerprint density at radius 3 is 2.45 bits per heavy atom. The number of nitrogens with one attached hydrogen (secondary N) is 1. The highest BCUT2D eigenvalue weighted by Gasteiger charge is 2.09. The van der Waals surface area contributed by atoms with Gasteiger partial charge in [-0.15, -0.1) is 12.4 Å². The van der Waals surface area contributed by atoms with Crippen LogP contribution in [0, 0.1) is 0 Å². The van der Waals surface area contributed by atoms with Crippen LogP contribution in [0.2, 0.25) is 0 Å². The lowest BCUT2D eigenvalue weighted by molar-refractivity contribution is -0.121. The van der Waals surface area contributed by atoms with Gasteiger partial charge in [0.05, 0.1) is 13.2 Å². The molecule has 0 heterocycles. The molecule has 0 aliphatic rings. The second kappa shape index (κ2) is 12.3. The molecule has 0 aliphatic heterocycles. The number of benzene rings is 1. The largest absolute Gasteiger partial charge is 0.497 e. The molecule has 1 amide bonds. The number of carbonyl (C=O) groups is 1. The Bertz CT molecular complexity index is 412. The summed E-state index contributed by atoms with van der Waals surface area (Å²) in [6.07, 6.45) is 3.77. The number of aliphatic hydroxyl groups excluding tert-OH is 1. The molecule has 126 valence electrons. The van der Waals surface area contributed by atoms with Crippen LogP contribution in [0.3, 0.4) is 0 Å².